The first-order valence-corrected chi connectivity index (χ1v) is 12.2. The highest BCUT2D eigenvalue weighted by Gasteiger charge is 2.18. The molecule has 0 spiro atoms. The fraction of sp³-hybridized carbons (Fsp3) is 0.360. The number of anilines is 2. The summed E-state index contributed by atoms with van der Waals surface area (Å²) in [7, 11) is 0. The summed E-state index contributed by atoms with van der Waals surface area (Å²) in [5.41, 5.74) is 3.17. The number of ether oxygens (including phenoxy) is 1. The monoisotopic (exact) mass is 476 g/mol. The van der Waals surface area contributed by atoms with E-state index < -0.39 is 5.91 Å². The summed E-state index contributed by atoms with van der Waals surface area (Å²) in [6.45, 7) is 7.09. The van der Waals surface area contributed by atoms with Crippen LogP contribution in [0.4, 0.5) is 10.3 Å². The van der Waals surface area contributed by atoms with Gasteiger partial charge in [-0.05, 0) is 74.6 Å². The molecule has 0 bridgehead atoms. The topological polar surface area (TPSA) is 96.1 Å². The van der Waals surface area contributed by atoms with Crippen molar-refractivity contribution in [3.8, 4) is 11.8 Å². The minimum absolute atomic E-state index is 0.00440. The Bertz CT molecular complexity index is 1220. The normalized spacial score (nSPS) is 14.0. The summed E-state index contributed by atoms with van der Waals surface area (Å²) in [5, 5.41) is 21.8. The number of hydrogen-bond acceptors (Lipinski definition) is 7. The number of nitrogens with one attached hydrogen (secondary N) is 1. The van der Waals surface area contributed by atoms with Gasteiger partial charge < -0.3 is 14.2 Å². The van der Waals surface area contributed by atoms with E-state index >= 15 is 0 Å². The van der Waals surface area contributed by atoms with Crippen molar-refractivity contribution in [1.29, 1.82) is 5.26 Å². The van der Waals surface area contributed by atoms with Gasteiger partial charge in [0.2, 0.25) is 10.3 Å². The third kappa shape index (κ3) is 5.83. The number of carbonyl (C=O) groups excluding carboxylic acids is 1. The minimum atomic E-state index is -0.497. The van der Waals surface area contributed by atoms with Crippen molar-refractivity contribution in [2.75, 3.05) is 29.9 Å². The van der Waals surface area contributed by atoms with Crippen molar-refractivity contribution in [2.45, 2.75) is 39.7 Å². The van der Waals surface area contributed by atoms with Crippen LogP contribution in [0, 0.1) is 25.2 Å². The van der Waals surface area contributed by atoms with Gasteiger partial charge in [0.15, 0.2) is 0 Å². The zero-order valence-corrected chi connectivity index (χ0v) is 20.3. The third-order valence-corrected chi connectivity index (χ3v) is 6.76. The number of rotatable bonds is 8. The van der Waals surface area contributed by atoms with Gasteiger partial charge in [-0.25, -0.2) is 0 Å². The molecule has 176 valence electrons. The van der Waals surface area contributed by atoms with Crippen molar-refractivity contribution < 1.29 is 9.53 Å². The summed E-state index contributed by atoms with van der Waals surface area (Å²) in [5.74, 6) is 0.327. The first-order chi connectivity index (χ1) is 16.5. The highest BCUT2D eigenvalue weighted by atomic mass is 32.1. The van der Waals surface area contributed by atoms with Crippen LogP contribution in [0.25, 0.3) is 6.08 Å². The highest BCUT2D eigenvalue weighted by molar-refractivity contribution is 7.19. The number of aromatic nitrogens is 3. The Balaban J connectivity index is 1.37. The number of carbonyl (C=O) groups is 1. The lowest BCUT2D eigenvalue weighted by molar-refractivity contribution is -0.112. The van der Waals surface area contributed by atoms with Crippen LogP contribution < -0.4 is 15.0 Å². The van der Waals surface area contributed by atoms with E-state index in [-0.39, 0.29) is 5.57 Å². The Morgan fingerprint density at radius 2 is 2.03 bits per heavy atom. The first kappa shape index (κ1) is 23.5. The van der Waals surface area contributed by atoms with Gasteiger partial charge in [0, 0.05) is 25.0 Å². The van der Waals surface area contributed by atoms with Crippen molar-refractivity contribution in [1.82, 2.24) is 14.8 Å². The number of aryl methyl sites for hydroxylation is 2. The zero-order valence-electron chi connectivity index (χ0n) is 19.5. The average molecular weight is 477 g/mol. The summed E-state index contributed by atoms with van der Waals surface area (Å²) < 4.78 is 7.83. The summed E-state index contributed by atoms with van der Waals surface area (Å²) in [4.78, 5) is 14.9. The van der Waals surface area contributed by atoms with Gasteiger partial charge in [-0.2, -0.15) is 5.26 Å². The Morgan fingerprint density at radius 3 is 2.79 bits per heavy atom. The molecular formula is C25H28N6O2S. The molecule has 1 fully saturated rings. The van der Waals surface area contributed by atoms with Crippen LogP contribution >= 0.6 is 11.3 Å². The predicted octanol–water partition coefficient (Wildman–Crippen LogP) is 4.57. The lowest BCUT2D eigenvalue weighted by Gasteiger charge is -2.25. The van der Waals surface area contributed by atoms with E-state index in [0.29, 0.717) is 18.3 Å². The van der Waals surface area contributed by atoms with Crippen molar-refractivity contribution >= 4 is 33.6 Å². The number of nitrogens with zero attached hydrogens (tertiary/aromatic N) is 5. The van der Waals surface area contributed by atoms with Crippen molar-refractivity contribution in [3.05, 3.63) is 58.9 Å². The molecule has 1 aliphatic rings. The lowest BCUT2D eigenvalue weighted by Crippen LogP contribution is -2.29. The molecule has 0 aliphatic carbocycles. The average Bonchev–Trinajstić information content (AvgIpc) is 3.50. The van der Waals surface area contributed by atoms with Gasteiger partial charge in [-0.15, -0.1) is 10.2 Å². The molecule has 0 atom stereocenters. The number of amides is 1. The van der Waals surface area contributed by atoms with E-state index in [9.17, 15) is 10.1 Å². The maximum Gasteiger partial charge on any atom is 0.268 e. The Hall–Kier alpha value is -3.64. The molecule has 0 radical (unpaired) electrons. The largest absolute Gasteiger partial charge is 0.492 e. The lowest BCUT2D eigenvalue weighted by atomic mass is 10.1. The molecule has 4 rings (SSSR count). The van der Waals surface area contributed by atoms with Gasteiger partial charge in [-0.3, -0.25) is 10.1 Å². The molecule has 3 aromatic rings. The van der Waals surface area contributed by atoms with Gasteiger partial charge in [0.25, 0.3) is 5.91 Å². The molecule has 0 saturated carbocycles. The summed E-state index contributed by atoms with van der Waals surface area (Å²) in [6, 6.07) is 11.8. The highest BCUT2D eigenvalue weighted by Crippen LogP contribution is 2.27. The molecule has 3 heterocycles. The van der Waals surface area contributed by atoms with Gasteiger partial charge >= 0.3 is 0 Å². The van der Waals surface area contributed by atoms with Crippen LogP contribution in [0.2, 0.25) is 0 Å². The first-order valence-electron chi connectivity index (χ1n) is 11.4. The molecule has 8 nitrogen and oxygen atoms in total. The molecule has 0 unspecified atom stereocenters. The molecule has 9 heteroatoms. The summed E-state index contributed by atoms with van der Waals surface area (Å²) in [6.07, 6.45) is 6.99. The van der Waals surface area contributed by atoms with Gasteiger partial charge in [-0.1, -0.05) is 17.4 Å². The van der Waals surface area contributed by atoms with Crippen LogP contribution in [-0.4, -0.2) is 40.4 Å². The zero-order chi connectivity index (χ0) is 23.9. The molecule has 34 heavy (non-hydrogen) atoms. The number of benzene rings is 1. The van der Waals surface area contributed by atoms with Crippen molar-refractivity contribution in [2.24, 2.45) is 0 Å². The fourth-order valence-corrected chi connectivity index (χ4v) is 4.56. The summed E-state index contributed by atoms with van der Waals surface area (Å²) >= 11 is 1.33. The van der Waals surface area contributed by atoms with E-state index in [1.54, 1.807) is 6.08 Å². The van der Waals surface area contributed by atoms with Crippen LogP contribution in [0.1, 0.15) is 36.1 Å². The second-order valence-corrected chi connectivity index (χ2v) is 9.24. The van der Waals surface area contributed by atoms with E-state index in [1.165, 1.54) is 28.9 Å². The molecule has 1 amide bonds. The van der Waals surface area contributed by atoms with E-state index in [2.05, 4.69) is 34.3 Å². The maximum absolute atomic E-state index is 12.7. The molecular weight excluding hydrogens is 448 g/mol. The molecule has 1 N–H and O–H groups in total. The van der Waals surface area contributed by atoms with Gasteiger partial charge in [0.1, 0.15) is 24.0 Å². The smallest absolute Gasteiger partial charge is 0.268 e. The Morgan fingerprint density at radius 1 is 1.21 bits per heavy atom. The SMILES string of the molecule is Cc1ccc(OCCn2cccc2/C=C(/C#N)C(=O)Nc2nnc(N3CCCCC3)s2)cc1C. The maximum atomic E-state index is 12.7. The molecule has 2 aromatic heterocycles. The fourth-order valence-electron chi connectivity index (χ4n) is 3.77. The van der Waals surface area contributed by atoms with E-state index in [4.69, 9.17) is 4.74 Å². The molecule has 1 saturated heterocycles. The van der Waals surface area contributed by atoms with Crippen LogP contribution in [-0.2, 0) is 11.3 Å². The van der Waals surface area contributed by atoms with Gasteiger partial charge in [0.05, 0.1) is 6.54 Å². The predicted molar refractivity (Wildman–Crippen MR) is 134 cm³/mol. The second kappa shape index (κ2) is 11.0. The number of nitriles is 1. The third-order valence-electron chi connectivity index (χ3n) is 5.86. The van der Waals surface area contributed by atoms with Crippen LogP contribution in [0.3, 0.4) is 0 Å². The minimum Gasteiger partial charge on any atom is -0.492 e. The van der Waals surface area contributed by atoms with Crippen LogP contribution in [0.15, 0.2) is 42.1 Å². The second-order valence-electron chi connectivity index (χ2n) is 8.28. The Kier molecular flexibility index (Phi) is 7.60. The quantitative estimate of drug-likeness (QED) is 0.378. The standard InChI is InChI=1S/C25H28N6O2S/c1-18-8-9-22(15-19(18)2)33-14-13-30-12-6-7-21(30)16-20(17-26)23(32)27-24-28-29-25(34-24)31-10-4-3-5-11-31/h6-9,12,15-16H,3-5,10-11,13-14H2,1-2H3,(H,27,28,32)/b20-16-. The Labute approximate surface area is 203 Å². The van der Waals surface area contributed by atoms with E-state index in [0.717, 1.165) is 42.5 Å². The molecule has 1 aromatic carbocycles. The number of hydrogen-bond donors (Lipinski definition) is 1. The number of piperidine rings is 1. The van der Waals surface area contributed by atoms with Crippen LogP contribution in [0.5, 0.6) is 5.75 Å². The molecule has 1 aliphatic heterocycles. The van der Waals surface area contributed by atoms with Crippen molar-refractivity contribution in [3.63, 3.8) is 0 Å². The van der Waals surface area contributed by atoms with E-state index in [1.807, 2.05) is 47.2 Å².